The minimum atomic E-state index is -0.0388. The van der Waals surface area contributed by atoms with E-state index in [1.54, 1.807) is 6.20 Å². The van der Waals surface area contributed by atoms with Crippen LogP contribution in [0.25, 0.3) is 0 Å². The van der Waals surface area contributed by atoms with Gasteiger partial charge in [0.2, 0.25) is 0 Å². The molecule has 1 atom stereocenters. The van der Waals surface area contributed by atoms with Crippen molar-refractivity contribution in [2.75, 3.05) is 0 Å². The molecule has 0 saturated carbocycles. The third kappa shape index (κ3) is 2.51. The van der Waals surface area contributed by atoms with E-state index in [9.17, 15) is 0 Å². The number of halogens is 1. The lowest BCUT2D eigenvalue weighted by Gasteiger charge is -2.27. The number of rotatable bonds is 1. The van der Waals surface area contributed by atoms with Crippen molar-refractivity contribution in [3.8, 4) is 0 Å². The van der Waals surface area contributed by atoms with Gasteiger partial charge in [0.1, 0.15) is 0 Å². The van der Waals surface area contributed by atoms with Gasteiger partial charge in [-0.3, -0.25) is 4.98 Å². The van der Waals surface area contributed by atoms with E-state index in [4.69, 9.17) is 5.73 Å². The van der Waals surface area contributed by atoms with Crippen molar-refractivity contribution >= 4 is 15.9 Å². The van der Waals surface area contributed by atoms with Gasteiger partial charge in [0.25, 0.3) is 0 Å². The lowest BCUT2D eigenvalue weighted by molar-refractivity contribution is 0.320. The van der Waals surface area contributed by atoms with Crippen LogP contribution in [0.2, 0.25) is 0 Å². The van der Waals surface area contributed by atoms with Crippen LogP contribution in [0.4, 0.5) is 0 Å². The van der Waals surface area contributed by atoms with Crippen LogP contribution in [-0.2, 0) is 0 Å². The van der Waals surface area contributed by atoms with Gasteiger partial charge in [-0.1, -0.05) is 20.8 Å². The summed E-state index contributed by atoms with van der Waals surface area (Å²) in [7, 11) is 0. The van der Waals surface area contributed by atoms with Gasteiger partial charge < -0.3 is 5.73 Å². The summed E-state index contributed by atoms with van der Waals surface area (Å²) in [5.74, 6) is 0. The van der Waals surface area contributed by atoms with E-state index in [-0.39, 0.29) is 11.5 Å². The molecule has 72 valence electrons. The molecule has 0 aliphatic heterocycles. The summed E-state index contributed by atoms with van der Waals surface area (Å²) in [6, 6.07) is 3.82. The average molecular weight is 243 g/mol. The number of pyridine rings is 1. The molecule has 1 rings (SSSR count). The standard InChI is InChI=1S/C10H15BrN2/c1-10(2,3)9(12)8-7(11)5-4-6-13-8/h4-6,9H,12H2,1-3H3. The number of nitrogens with two attached hydrogens (primary N) is 1. The maximum absolute atomic E-state index is 6.08. The summed E-state index contributed by atoms with van der Waals surface area (Å²) in [5.41, 5.74) is 7.04. The zero-order chi connectivity index (χ0) is 10.1. The smallest absolute Gasteiger partial charge is 0.0718 e. The van der Waals surface area contributed by atoms with Crippen LogP contribution in [0, 0.1) is 5.41 Å². The van der Waals surface area contributed by atoms with Gasteiger partial charge in [-0.15, -0.1) is 0 Å². The Kier molecular flexibility index (Phi) is 3.09. The van der Waals surface area contributed by atoms with Crippen LogP contribution in [0.5, 0.6) is 0 Å². The molecule has 0 amide bonds. The second-order valence-corrected chi connectivity index (χ2v) is 5.07. The van der Waals surface area contributed by atoms with Gasteiger partial charge in [-0.2, -0.15) is 0 Å². The maximum Gasteiger partial charge on any atom is 0.0718 e. The third-order valence-electron chi connectivity index (χ3n) is 2.01. The van der Waals surface area contributed by atoms with Crippen LogP contribution >= 0.6 is 15.9 Å². The normalized spacial score (nSPS) is 14.2. The van der Waals surface area contributed by atoms with Gasteiger partial charge in [-0.05, 0) is 33.5 Å². The zero-order valence-corrected chi connectivity index (χ0v) is 9.80. The van der Waals surface area contributed by atoms with Gasteiger partial charge in [-0.25, -0.2) is 0 Å². The summed E-state index contributed by atoms with van der Waals surface area (Å²) in [5, 5.41) is 0. The molecule has 1 unspecified atom stereocenters. The quantitative estimate of drug-likeness (QED) is 0.823. The molecule has 0 aliphatic rings. The molecule has 0 radical (unpaired) electrons. The Balaban J connectivity index is 3.02. The highest BCUT2D eigenvalue weighted by atomic mass is 79.9. The second-order valence-electron chi connectivity index (χ2n) is 4.21. The Labute approximate surface area is 87.7 Å². The minimum Gasteiger partial charge on any atom is -0.322 e. The van der Waals surface area contributed by atoms with Crippen molar-refractivity contribution in [2.45, 2.75) is 26.8 Å². The fourth-order valence-electron chi connectivity index (χ4n) is 1.04. The first-order valence-electron chi connectivity index (χ1n) is 4.29. The summed E-state index contributed by atoms with van der Waals surface area (Å²) >= 11 is 3.45. The molecule has 13 heavy (non-hydrogen) atoms. The highest BCUT2D eigenvalue weighted by Crippen LogP contribution is 2.32. The molecular weight excluding hydrogens is 228 g/mol. The molecule has 3 heteroatoms. The van der Waals surface area contributed by atoms with E-state index in [1.807, 2.05) is 12.1 Å². The minimum absolute atomic E-state index is 0.0386. The average Bonchev–Trinajstić information content (AvgIpc) is 2.02. The monoisotopic (exact) mass is 242 g/mol. The lowest BCUT2D eigenvalue weighted by atomic mass is 9.85. The third-order valence-corrected chi connectivity index (χ3v) is 2.69. The van der Waals surface area contributed by atoms with Crippen LogP contribution in [0.3, 0.4) is 0 Å². The summed E-state index contributed by atoms with van der Waals surface area (Å²) in [4.78, 5) is 4.27. The molecule has 0 fully saturated rings. The van der Waals surface area contributed by atoms with Crippen molar-refractivity contribution in [1.82, 2.24) is 4.98 Å². The van der Waals surface area contributed by atoms with Crippen LogP contribution in [-0.4, -0.2) is 4.98 Å². The predicted octanol–water partition coefficient (Wildman–Crippen LogP) is 2.89. The first-order valence-corrected chi connectivity index (χ1v) is 5.08. The van der Waals surface area contributed by atoms with E-state index < -0.39 is 0 Å². The van der Waals surface area contributed by atoms with Crippen molar-refractivity contribution in [3.63, 3.8) is 0 Å². The van der Waals surface area contributed by atoms with E-state index >= 15 is 0 Å². The maximum atomic E-state index is 6.08. The van der Waals surface area contributed by atoms with Crippen molar-refractivity contribution in [1.29, 1.82) is 0 Å². The fraction of sp³-hybridized carbons (Fsp3) is 0.500. The Morgan fingerprint density at radius 2 is 2.08 bits per heavy atom. The highest BCUT2D eigenvalue weighted by molar-refractivity contribution is 9.10. The Hall–Kier alpha value is -0.410. The fourth-order valence-corrected chi connectivity index (χ4v) is 1.54. The van der Waals surface area contributed by atoms with Crippen LogP contribution in [0.15, 0.2) is 22.8 Å². The molecule has 0 aliphatic carbocycles. The Bertz CT molecular complexity index is 291. The number of nitrogens with zero attached hydrogens (tertiary/aromatic N) is 1. The number of hydrogen-bond acceptors (Lipinski definition) is 2. The molecule has 0 bridgehead atoms. The predicted molar refractivity (Wildman–Crippen MR) is 58.3 cm³/mol. The molecule has 2 N–H and O–H groups in total. The molecular formula is C10H15BrN2. The van der Waals surface area contributed by atoms with E-state index in [1.165, 1.54) is 0 Å². The van der Waals surface area contributed by atoms with Crippen molar-refractivity contribution in [3.05, 3.63) is 28.5 Å². The van der Waals surface area contributed by atoms with Gasteiger partial charge in [0.15, 0.2) is 0 Å². The van der Waals surface area contributed by atoms with E-state index in [2.05, 4.69) is 41.7 Å². The highest BCUT2D eigenvalue weighted by Gasteiger charge is 2.24. The topological polar surface area (TPSA) is 38.9 Å². The first kappa shape index (κ1) is 10.7. The Morgan fingerprint density at radius 1 is 1.46 bits per heavy atom. The molecule has 1 aromatic heterocycles. The van der Waals surface area contributed by atoms with E-state index in [0.717, 1.165) is 10.2 Å². The van der Waals surface area contributed by atoms with E-state index in [0.29, 0.717) is 0 Å². The van der Waals surface area contributed by atoms with Crippen LogP contribution < -0.4 is 5.73 Å². The molecule has 0 saturated heterocycles. The summed E-state index contributed by atoms with van der Waals surface area (Å²) < 4.78 is 0.984. The largest absolute Gasteiger partial charge is 0.322 e. The summed E-state index contributed by atoms with van der Waals surface area (Å²) in [6.45, 7) is 6.33. The molecule has 0 aromatic carbocycles. The van der Waals surface area contributed by atoms with Crippen molar-refractivity contribution < 1.29 is 0 Å². The van der Waals surface area contributed by atoms with Gasteiger partial charge in [0, 0.05) is 10.7 Å². The molecule has 2 nitrogen and oxygen atoms in total. The van der Waals surface area contributed by atoms with Crippen molar-refractivity contribution in [2.24, 2.45) is 11.1 Å². The lowest BCUT2D eigenvalue weighted by Crippen LogP contribution is -2.27. The van der Waals surface area contributed by atoms with Crippen LogP contribution in [0.1, 0.15) is 32.5 Å². The zero-order valence-electron chi connectivity index (χ0n) is 8.21. The summed E-state index contributed by atoms with van der Waals surface area (Å²) in [6.07, 6.45) is 1.77. The number of hydrogen-bond donors (Lipinski definition) is 1. The second kappa shape index (κ2) is 3.76. The molecule has 1 heterocycles. The van der Waals surface area contributed by atoms with Gasteiger partial charge in [0.05, 0.1) is 11.7 Å². The van der Waals surface area contributed by atoms with Gasteiger partial charge >= 0.3 is 0 Å². The molecule has 1 aromatic rings. The number of aromatic nitrogens is 1. The SMILES string of the molecule is CC(C)(C)C(N)c1ncccc1Br. The molecule has 0 spiro atoms. The Morgan fingerprint density at radius 3 is 2.54 bits per heavy atom. The first-order chi connectivity index (χ1) is 5.93.